The summed E-state index contributed by atoms with van der Waals surface area (Å²) >= 11 is 0. The van der Waals surface area contributed by atoms with E-state index in [0.29, 0.717) is 0 Å². The normalized spacial score (nSPS) is 16.9. The molecule has 0 aliphatic carbocycles. The smallest absolute Gasteiger partial charge is 0.166 e. The zero-order chi connectivity index (χ0) is 16.1. The van der Waals surface area contributed by atoms with E-state index in [1.807, 2.05) is 30.3 Å². The standard InChI is InChI=1S/C21H25NO/c1-17(16-22-14-6-3-7-15-22)21(23)20-12-10-19(11-13-20)18-8-4-2-5-9-18/h2,4-5,8-13,17H,3,6-7,14-16H2,1H3. The predicted octanol–water partition coefficient (Wildman–Crippen LogP) is 4.66. The van der Waals surface area contributed by atoms with Crippen LogP contribution in [0.25, 0.3) is 11.1 Å². The molecule has 3 rings (SSSR count). The van der Waals surface area contributed by atoms with Crippen molar-refractivity contribution in [2.75, 3.05) is 19.6 Å². The maximum Gasteiger partial charge on any atom is 0.166 e. The van der Waals surface area contributed by atoms with Crippen LogP contribution in [0.3, 0.4) is 0 Å². The molecule has 1 atom stereocenters. The van der Waals surface area contributed by atoms with Crippen molar-refractivity contribution in [3.63, 3.8) is 0 Å². The van der Waals surface area contributed by atoms with E-state index in [9.17, 15) is 4.79 Å². The van der Waals surface area contributed by atoms with Crippen LogP contribution in [-0.2, 0) is 0 Å². The molecule has 1 heterocycles. The highest BCUT2D eigenvalue weighted by Gasteiger charge is 2.19. The van der Waals surface area contributed by atoms with Gasteiger partial charge in [-0.05, 0) is 37.1 Å². The topological polar surface area (TPSA) is 20.3 Å². The lowest BCUT2D eigenvalue weighted by Gasteiger charge is -2.28. The molecule has 1 saturated heterocycles. The number of ketones is 1. The van der Waals surface area contributed by atoms with Crippen molar-refractivity contribution in [1.82, 2.24) is 4.90 Å². The number of rotatable bonds is 5. The number of carbonyl (C=O) groups excluding carboxylic acids is 1. The number of hydrogen-bond acceptors (Lipinski definition) is 2. The third-order valence-electron chi connectivity index (χ3n) is 4.70. The summed E-state index contributed by atoms with van der Waals surface area (Å²) in [5.74, 6) is 0.325. The monoisotopic (exact) mass is 307 g/mol. The Balaban J connectivity index is 1.65. The van der Waals surface area contributed by atoms with Crippen LogP contribution in [0.15, 0.2) is 54.6 Å². The lowest BCUT2D eigenvalue weighted by Crippen LogP contribution is -2.35. The molecule has 0 N–H and O–H groups in total. The Morgan fingerprint density at radius 2 is 1.52 bits per heavy atom. The highest BCUT2D eigenvalue weighted by atomic mass is 16.1. The van der Waals surface area contributed by atoms with Crippen molar-refractivity contribution < 1.29 is 4.79 Å². The Bertz CT molecular complexity index is 627. The molecule has 2 heteroatoms. The van der Waals surface area contributed by atoms with Crippen molar-refractivity contribution >= 4 is 5.78 Å². The zero-order valence-corrected chi connectivity index (χ0v) is 13.9. The number of piperidine rings is 1. The first-order chi connectivity index (χ1) is 11.2. The van der Waals surface area contributed by atoms with E-state index < -0.39 is 0 Å². The molecule has 1 aliphatic heterocycles. The van der Waals surface area contributed by atoms with Gasteiger partial charge in [-0.2, -0.15) is 0 Å². The highest BCUT2D eigenvalue weighted by molar-refractivity contribution is 5.98. The fourth-order valence-electron chi connectivity index (χ4n) is 3.35. The molecule has 1 unspecified atom stereocenters. The van der Waals surface area contributed by atoms with Crippen molar-refractivity contribution in [2.45, 2.75) is 26.2 Å². The molecule has 0 radical (unpaired) electrons. The van der Waals surface area contributed by atoms with Gasteiger partial charge in [0.15, 0.2) is 5.78 Å². The molecule has 0 bridgehead atoms. The molecule has 0 saturated carbocycles. The van der Waals surface area contributed by atoms with E-state index in [0.717, 1.165) is 30.8 Å². The summed E-state index contributed by atoms with van der Waals surface area (Å²) in [7, 11) is 0. The van der Waals surface area contributed by atoms with Gasteiger partial charge in [0.25, 0.3) is 0 Å². The molecule has 2 aromatic carbocycles. The molecular weight excluding hydrogens is 282 g/mol. The van der Waals surface area contributed by atoms with Gasteiger partial charge in [0, 0.05) is 18.0 Å². The van der Waals surface area contributed by atoms with Gasteiger partial charge in [0.2, 0.25) is 0 Å². The summed E-state index contributed by atoms with van der Waals surface area (Å²) in [6.07, 6.45) is 3.87. The number of nitrogens with zero attached hydrogens (tertiary/aromatic N) is 1. The first-order valence-corrected chi connectivity index (χ1v) is 8.66. The third kappa shape index (κ3) is 4.08. The summed E-state index contributed by atoms with van der Waals surface area (Å²) in [6.45, 7) is 5.23. The molecular formula is C21H25NO. The molecule has 0 spiro atoms. The van der Waals surface area contributed by atoms with Gasteiger partial charge < -0.3 is 4.90 Å². The molecule has 23 heavy (non-hydrogen) atoms. The Morgan fingerprint density at radius 3 is 2.17 bits per heavy atom. The van der Waals surface area contributed by atoms with E-state index in [1.54, 1.807) is 0 Å². The summed E-state index contributed by atoms with van der Waals surface area (Å²) in [4.78, 5) is 15.1. The minimum Gasteiger partial charge on any atom is -0.303 e. The maximum atomic E-state index is 12.6. The molecule has 0 aromatic heterocycles. The predicted molar refractivity (Wildman–Crippen MR) is 95.7 cm³/mol. The van der Waals surface area contributed by atoms with E-state index in [1.165, 1.54) is 24.8 Å². The molecule has 2 aromatic rings. The second-order valence-electron chi connectivity index (χ2n) is 6.57. The van der Waals surface area contributed by atoms with E-state index >= 15 is 0 Å². The average Bonchev–Trinajstić information content (AvgIpc) is 2.63. The molecule has 0 amide bonds. The van der Waals surface area contributed by atoms with Crippen LogP contribution in [0.4, 0.5) is 0 Å². The Labute approximate surface area is 139 Å². The van der Waals surface area contributed by atoms with Crippen molar-refractivity contribution in [1.29, 1.82) is 0 Å². The number of benzene rings is 2. The summed E-state index contributed by atoms with van der Waals surface area (Å²) < 4.78 is 0. The minimum absolute atomic E-state index is 0.0654. The average molecular weight is 307 g/mol. The SMILES string of the molecule is CC(CN1CCCCC1)C(=O)c1ccc(-c2ccccc2)cc1. The number of likely N-dealkylation sites (tertiary alicyclic amines) is 1. The fraction of sp³-hybridized carbons (Fsp3) is 0.381. The summed E-state index contributed by atoms with van der Waals surface area (Å²) in [6, 6.07) is 18.3. The summed E-state index contributed by atoms with van der Waals surface area (Å²) in [5.41, 5.74) is 3.17. The van der Waals surface area contributed by atoms with Crippen LogP contribution in [0.5, 0.6) is 0 Å². The van der Waals surface area contributed by atoms with Gasteiger partial charge in [-0.25, -0.2) is 0 Å². The second-order valence-corrected chi connectivity index (χ2v) is 6.57. The molecule has 1 fully saturated rings. The van der Waals surface area contributed by atoms with Gasteiger partial charge in [-0.15, -0.1) is 0 Å². The van der Waals surface area contributed by atoms with Gasteiger partial charge >= 0.3 is 0 Å². The zero-order valence-electron chi connectivity index (χ0n) is 13.9. The first kappa shape index (κ1) is 15.9. The maximum absolute atomic E-state index is 12.6. The van der Waals surface area contributed by atoms with Gasteiger partial charge in [0.1, 0.15) is 0 Å². The fourth-order valence-corrected chi connectivity index (χ4v) is 3.35. The minimum atomic E-state index is 0.0654. The van der Waals surface area contributed by atoms with Gasteiger partial charge in [-0.1, -0.05) is 67.9 Å². The Hall–Kier alpha value is -1.93. The van der Waals surface area contributed by atoms with E-state index in [4.69, 9.17) is 0 Å². The number of carbonyl (C=O) groups is 1. The first-order valence-electron chi connectivity index (χ1n) is 8.66. The van der Waals surface area contributed by atoms with Crippen LogP contribution in [0, 0.1) is 5.92 Å². The largest absolute Gasteiger partial charge is 0.303 e. The van der Waals surface area contributed by atoms with Crippen LogP contribution < -0.4 is 0 Å². The molecule has 120 valence electrons. The van der Waals surface area contributed by atoms with Crippen molar-refractivity contribution in [2.24, 2.45) is 5.92 Å². The summed E-state index contributed by atoms with van der Waals surface area (Å²) in [5, 5.41) is 0. The number of Topliss-reactive ketones (excluding diaryl/α,β-unsaturated/α-hetero) is 1. The van der Waals surface area contributed by atoms with Gasteiger partial charge in [-0.3, -0.25) is 4.79 Å². The molecule has 2 nitrogen and oxygen atoms in total. The highest BCUT2D eigenvalue weighted by Crippen LogP contribution is 2.21. The van der Waals surface area contributed by atoms with Crippen molar-refractivity contribution in [3.05, 3.63) is 60.2 Å². The Morgan fingerprint density at radius 1 is 0.913 bits per heavy atom. The van der Waals surface area contributed by atoms with Crippen LogP contribution >= 0.6 is 0 Å². The molecule has 1 aliphatic rings. The van der Waals surface area contributed by atoms with Crippen LogP contribution in [0.2, 0.25) is 0 Å². The van der Waals surface area contributed by atoms with E-state index in [2.05, 4.69) is 36.1 Å². The third-order valence-corrected chi connectivity index (χ3v) is 4.70. The van der Waals surface area contributed by atoms with Crippen LogP contribution in [-0.4, -0.2) is 30.3 Å². The number of hydrogen-bond donors (Lipinski definition) is 0. The quantitative estimate of drug-likeness (QED) is 0.749. The van der Waals surface area contributed by atoms with Gasteiger partial charge in [0.05, 0.1) is 0 Å². The lowest BCUT2D eigenvalue weighted by atomic mass is 9.96. The second kappa shape index (κ2) is 7.56. The Kier molecular flexibility index (Phi) is 5.24. The van der Waals surface area contributed by atoms with Crippen LogP contribution in [0.1, 0.15) is 36.5 Å². The van der Waals surface area contributed by atoms with Crippen molar-refractivity contribution in [3.8, 4) is 11.1 Å². The lowest BCUT2D eigenvalue weighted by molar-refractivity contribution is 0.0883. The van der Waals surface area contributed by atoms with E-state index in [-0.39, 0.29) is 11.7 Å².